The predicted molar refractivity (Wildman–Crippen MR) is 83.7 cm³/mol. The normalized spacial score (nSPS) is 14.5. The molecule has 0 bridgehead atoms. The highest BCUT2D eigenvalue weighted by Crippen LogP contribution is 2.34. The van der Waals surface area contributed by atoms with Gasteiger partial charge in [0.2, 0.25) is 10.1 Å². The lowest BCUT2D eigenvalue weighted by Crippen LogP contribution is -2.36. The minimum atomic E-state index is -4.56. The van der Waals surface area contributed by atoms with Gasteiger partial charge < -0.3 is 4.90 Å². The maximum atomic E-state index is 12.5. The highest BCUT2D eigenvalue weighted by Gasteiger charge is 2.37. The topological polar surface area (TPSA) is 58.1 Å². The number of carbonyl (C=O) groups excluding carboxylic acids is 1. The molecule has 2 amide bonds. The quantitative estimate of drug-likeness (QED) is 0.899. The van der Waals surface area contributed by atoms with Crippen molar-refractivity contribution < 1.29 is 18.0 Å². The van der Waals surface area contributed by atoms with Gasteiger partial charge in [0.1, 0.15) is 0 Å². The Labute approximate surface area is 140 Å². The van der Waals surface area contributed by atoms with Crippen LogP contribution in [0.15, 0.2) is 24.3 Å². The van der Waals surface area contributed by atoms with Crippen molar-refractivity contribution in [3.8, 4) is 0 Å². The first-order valence-electron chi connectivity index (χ1n) is 7.37. The van der Waals surface area contributed by atoms with Crippen molar-refractivity contribution in [3.63, 3.8) is 0 Å². The molecule has 1 aromatic heterocycles. The van der Waals surface area contributed by atoms with Crippen molar-refractivity contribution in [2.24, 2.45) is 0 Å². The molecular formula is C15H15F3N4OS. The number of aromatic nitrogens is 2. The summed E-state index contributed by atoms with van der Waals surface area (Å²) in [5, 5.41) is 7.66. The molecule has 128 valence electrons. The van der Waals surface area contributed by atoms with Crippen LogP contribution in [0.1, 0.15) is 29.0 Å². The van der Waals surface area contributed by atoms with E-state index < -0.39 is 17.2 Å². The molecule has 0 aliphatic heterocycles. The number of benzene rings is 1. The van der Waals surface area contributed by atoms with Gasteiger partial charge in [-0.15, -0.1) is 10.2 Å². The third-order valence-corrected chi connectivity index (χ3v) is 4.45. The van der Waals surface area contributed by atoms with E-state index >= 15 is 0 Å². The number of hydrogen-bond acceptors (Lipinski definition) is 4. The molecule has 1 aliphatic rings. The summed E-state index contributed by atoms with van der Waals surface area (Å²) in [6, 6.07) is 7.43. The fourth-order valence-electron chi connectivity index (χ4n) is 2.31. The lowest BCUT2D eigenvalue weighted by atomic mass is 10.1. The van der Waals surface area contributed by atoms with Gasteiger partial charge in [-0.25, -0.2) is 4.79 Å². The van der Waals surface area contributed by atoms with E-state index in [1.807, 2.05) is 31.2 Å². The second kappa shape index (κ2) is 6.39. The van der Waals surface area contributed by atoms with Gasteiger partial charge in [0.15, 0.2) is 0 Å². The molecule has 0 atom stereocenters. The SMILES string of the molecule is Cc1cccc(CN(C(=O)Nc2nnc(C(F)(F)F)s2)C2CC2)c1. The minimum Gasteiger partial charge on any atom is -0.317 e. The summed E-state index contributed by atoms with van der Waals surface area (Å²) >= 11 is 0.321. The molecule has 1 aromatic carbocycles. The lowest BCUT2D eigenvalue weighted by molar-refractivity contribution is -0.138. The summed E-state index contributed by atoms with van der Waals surface area (Å²) in [5.74, 6) is 0. The Hall–Kier alpha value is -2.16. The van der Waals surface area contributed by atoms with Crippen molar-refractivity contribution >= 4 is 22.5 Å². The number of amides is 2. The zero-order valence-corrected chi connectivity index (χ0v) is 13.6. The Bertz CT molecular complexity index is 742. The highest BCUT2D eigenvalue weighted by molar-refractivity contribution is 7.15. The van der Waals surface area contributed by atoms with Crippen LogP contribution in [-0.2, 0) is 12.7 Å². The number of carbonyl (C=O) groups is 1. The molecule has 0 radical (unpaired) electrons. The number of rotatable bonds is 4. The van der Waals surface area contributed by atoms with Crippen LogP contribution in [0.3, 0.4) is 0 Å². The summed E-state index contributed by atoms with van der Waals surface area (Å²) in [6.45, 7) is 2.37. The van der Waals surface area contributed by atoms with Gasteiger partial charge in [0, 0.05) is 12.6 Å². The standard InChI is InChI=1S/C15H15F3N4OS/c1-9-3-2-4-10(7-9)8-22(11-5-6-11)14(23)19-13-21-20-12(24-13)15(16,17)18/h2-4,7,11H,5-6,8H2,1H3,(H,19,21,23). The zero-order chi connectivity index (χ0) is 17.3. The minimum absolute atomic E-state index is 0.112. The predicted octanol–water partition coefficient (Wildman–Crippen LogP) is 4.06. The van der Waals surface area contributed by atoms with E-state index in [1.54, 1.807) is 4.90 Å². The number of hydrogen-bond donors (Lipinski definition) is 1. The lowest BCUT2D eigenvalue weighted by Gasteiger charge is -2.22. The molecule has 0 unspecified atom stereocenters. The van der Waals surface area contributed by atoms with Gasteiger partial charge >= 0.3 is 12.2 Å². The average molecular weight is 356 g/mol. The Morgan fingerprint density at radius 1 is 1.38 bits per heavy atom. The summed E-state index contributed by atoms with van der Waals surface area (Å²) in [5.41, 5.74) is 2.06. The number of anilines is 1. The van der Waals surface area contributed by atoms with Crippen LogP contribution in [0.25, 0.3) is 0 Å². The Kier molecular flexibility index (Phi) is 4.44. The van der Waals surface area contributed by atoms with Crippen LogP contribution < -0.4 is 5.32 Å². The first kappa shape index (κ1) is 16.7. The van der Waals surface area contributed by atoms with Gasteiger partial charge in [-0.05, 0) is 25.3 Å². The molecule has 3 rings (SSSR count). The molecule has 0 spiro atoms. The van der Waals surface area contributed by atoms with Gasteiger partial charge in [-0.3, -0.25) is 5.32 Å². The average Bonchev–Trinajstić information content (AvgIpc) is 3.22. The third kappa shape index (κ3) is 4.02. The smallest absolute Gasteiger partial charge is 0.317 e. The van der Waals surface area contributed by atoms with Gasteiger partial charge in [-0.2, -0.15) is 13.2 Å². The van der Waals surface area contributed by atoms with E-state index in [0.29, 0.717) is 17.9 Å². The van der Waals surface area contributed by atoms with Gasteiger partial charge in [0.05, 0.1) is 0 Å². The second-order valence-electron chi connectivity index (χ2n) is 5.69. The molecule has 0 saturated heterocycles. The highest BCUT2D eigenvalue weighted by atomic mass is 32.1. The van der Waals surface area contributed by atoms with Crippen LogP contribution >= 0.6 is 11.3 Å². The summed E-state index contributed by atoms with van der Waals surface area (Å²) in [6.07, 6.45) is -2.77. The van der Waals surface area contributed by atoms with Crippen molar-refractivity contribution in [3.05, 3.63) is 40.4 Å². The maximum Gasteiger partial charge on any atom is 0.445 e. The van der Waals surface area contributed by atoms with E-state index in [-0.39, 0.29) is 11.2 Å². The first-order chi connectivity index (χ1) is 11.3. The number of nitrogens with one attached hydrogen (secondary N) is 1. The van der Waals surface area contributed by atoms with Crippen molar-refractivity contribution in [2.45, 2.75) is 38.5 Å². The van der Waals surface area contributed by atoms with E-state index in [4.69, 9.17) is 0 Å². The fraction of sp³-hybridized carbons (Fsp3) is 0.400. The molecule has 1 aliphatic carbocycles. The van der Waals surface area contributed by atoms with Crippen LogP contribution in [-0.4, -0.2) is 27.2 Å². The van der Waals surface area contributed by atoms with Gasteiger partial charge in [0.25, 0.3) is 0 Å². The molecule has 1 heterocycles. The molecule has 9 heteroatoms. The van der Waals surface area contributed by atoms with E-state index in [9.17, 15) is 18.0 Å². The Morgan fingerprint density at radius 2 is 2.12 bits per heavy atom. The summed E-state index contributed by atoms with van der Waals surface area (Å²) in [4.78, 5) is 14.0. The number of alkyl halides is 3. The number of halogens is 3. The largest absolute Gasteiger partial charge is 0.445 e. The monoisotopic (exact) mass is 356 g/mol. The Balaban J connectivity index is 1.70. The molecule has 5 nitrogen and oxygen atoms in total. The fourth-order valence-corrected chi connectivity index (χ4v) is 2.91. The van der Waals surface area contributed by atoms with E-state index in [0.717, 1.165) is 24.0 Å². The van der Waals surface area contributed by atoms with Crippen molar-refractivity contribution in [1.29, 1.82) is 0 Å². The van der Waals surface area contributed by atoms with Crippen LogP contribution in [0, 0.1) is 6.92 Å². The van der Waals surface area contributed by atoms with Gasteiger partial charge in [-0.1, -0.05) is 41.2 Å². The number of urea groups is 1. The van der Waals surface area contributed by atoms with Crippen LogP contribution in [0.4, 0.5) is 23.1 Å². The molecule has 1 saturated carbocycles. The molecular weight excluding hydrogens is 341 g/mol. The van der Waals surface area contributed by atoms with E-state index in [1.165, 1.54) is 0 Å². The Morgan fingerprint density at radius 3 is 2.71 bits per heavy atom. The molecule has 24 heavy (non-hydrogen) atoms. The van der Waals surface area contributed by atoms with Crippen molar-refractivity contribution in [2.75, 3.05) is 5.32 Å². The molecule has 2 aromatic rings. The van der Waals surface area contributed by atoms with E-state index in [2.05, 4.69) is 15.5 Å². The number of aryl methyl sites for hydroxylation is 1. The second-order valence-corrected chi connectivity index (χ2v) is 6.67. The molecule has 1 N–H and O–H groups in total. The summed E-state index contributed by atoms with van der Waals surface area (Å²) in [7, 11) is 0. The molecule has 1 fully saturated rings. The number of nitrogens with zero attached hydrogens (tertiary/aromatic N) is 3. The third-order valence-electron chi connectivity index (χ3n) is 3.57. The zero-order valence-electron chi connectivity index (χ0n) is 12.8. The van der Waals surface area contributed by atoms with Crippen LogP contribution in [0.5, 0.6) is 0 Å². The summed E-state index contributed by atoms with van der Waals surface area (Å²) < 4.78 is 37.6. The van der Waals surface area contributed by atoms with Crippen molar-refractivity contribution in [1.82, 2.24) is 15.1 Å². The van der Waals surface area contributed by atoms with Crippen LogP contribution in [0.2, 0.25) is 0 Å². The first-order valence-corrected chi connectivity index (χ1v) is 8.18. The maximum absolute atomic E-state index is 12.5.